The maximum absolute atomic E-state index is 12.6. The van der Waals surface area contributed by atoms with Crippen molar-refractivity contribution in [3.8, 4) is 17.2 Å². The average molecular weight is 407 g/mol. The number of carbonyl (C=O) groups excluding carboxylic acids is 2. The number of nitrogens with zero attached hydrogens (tertiary/aromatic N) is 2. The maximum atomic E-state index is 12.6. The van der Waals surface area contributed by atoms with Gasteiger partial charge in [-0.2, -0.15) is 0 Å². The quantitative estimate of drug-likeness (QED) is 0.472. The summed E-state index contributed by atoms with van der Waals surface area (Å²) in [5.41, 5.74) is 1.46. The summed E-state index contributed by atoms with van der Waals surface area (Å²) < 4.78 is 16.2. The second-order valence-electron chi connectivity index (χ2n) is 6.37. The van der Waals surface area contributed by atoms with Crippen LogP contribution in [-0.4, -0.2) is 29.2 Å². The van der Waals surface area contributed by atoms with Crippen molar-refractivity contribution in [3.63, 3.8) is 0 Å². The van der Waals surface area contributed by atoms with E-state index in [1.54, 1.807) is 50.4 Å². The number of rotatable bonds is 7. The number of hydrogen-bond donors (Lipinski definition) is 1. The van der Waals surface area contributed by atoms with Gasteiger partial charge in [0.05, 0.1) is 7.11 Å². The van der Waals surface area contributed by atoms with E-state index < -0.39 is 12.1 Å². The molecular formula is C22H21N3O5. The van der Waals surface area contributed by atoms with Crippen LogP contribution in [0.25, 0.3) is 17.5 Å². The Hall–Kier alpha value is -3.94. The molecular weight excluding hydrogens is 386 g/mol. The van der Waals surface area contributed by atoms with Gasteiger partial charge in [0.25, 0.3) is 5.89 Å². The molecule has 1 N–H and O–H groups in total. The van der Waals surface area contributed by atoms with Crippen LogP contribution in [0, 0.1) is 0 Å². The highest BCUT2D eigenvalue weighted by Crippen LogP contribution is 2.24. The molecule has 1 aromatic heterocycles. The normalized spacial score (nSPS) is 12.2. The van der Waals surface area contributed by atoms with Gasteiger partial charge in [-0.25, -0.2) is 4.79 Å². The number of nitrogens with one attached hydrogen (secondary N) is 1. The summed E-state index contributed by atoms with van der Waals surface area (Å²) in [6.07, 6.45) is 0.720. The Morgan fingerprint density at radius 2 is 1.77 bits per heavy atom. The van der Waals surface area contributed by atoms with Crippen molar-refractivity contribution >= 4 is 18.0 Å². The van der Waals surface area contributed by atoms with Gasteiger partial charge in [-0.15, -0.1) is 10.2 Å². The van der Waals surface area contributed by atoms with Crippen molar-refractivity contribution in [2.45, 2.75) is 20.0 Å². The molecule has 0 aliphatic rings. The third-order valence-corrected chi connectivity index (χ3v) is 4.05. The van der Waals surface area contributed by atoms with Gasteiger partial charge < -0.3 is 19.2 Å². The van der Waals surface area contributed by atoms with Crippen molar-refractivity contribution in [1.29, 1.82) is 0 Å². The van der Waals surface area contributed by atoms with E-state index in [1.165, 1.54) is 13.0 Å². The molecule has 0 spiro atoms. The van der Waals surface area contributed by atoms with Crippen molar-refractivity contribution in [1.82, 2.24) is 15.5 Å². The highest BCUT2D eigenvalue weighted by Gasteiger charge is 2.22. The molecule has 8 heteroatoms. The van der Waals surface area contributed by atoms with Gasteiger partial charge in [0.1, 0.15) is 11.4 Å². The van der Waals surface area contributed by atoms with E-state index in [2.05, 4.69) is 15.5 Å². The van der Waals surface area contributed by atoms with E-state index in [4.69, 9.17) is 13.9 Å². The van der Waals surface area contributed by atoms with Gasteiger partial charge in [-0.1, -0.05) is 30.3 Å². The van der Waals surface area contributed by atoms with Crippen LogP contribution in [0.2, 0.25) is 0 Å². The van der Waals surface area contributed by atoms with Crippen LogP contribution in [0.15, 0.2) is 64.7 Å². The fourth-order valence-electron chi connectivity index (χ4n) is 2.58. The number of esters is 1. The van der Waals surface area contributed by atoms with Crippen LogP contribution in [0.5, 0.6) is 5.75 Å². The largest absolute Gasteiger partial charge is 0.497 e. The molecule has 1 amide bonds. The van der Waals surface area contributed by atoms with Crippen LogP contribution in [0.3, 0.4) is 0 Å². The monoisotopic (exact) mass is 407 g/mol. The zero-order valence-corrected chi connectivity index (χ0v) is 16.8. The SMILES string of the molecule is COc1ccc(-c2nnc([C@@H](C)OC(=O)/C(=C/c3ccccc3)NC(C)=O)o2)cc1. The zero-order valence-electron chi connectivity index (χ0n) is 16.8. The first-order chi connectivity index (χ1) is 14.5. The lowest BCUT2D eigenvalue weighted by Crippen LogP contribution is -2.27. The van der Waals surface area contributed by atoms with Gasteiger partial charge in [-0.05, 0) is 42.8 Å². The molecule has 0 aliphatic heterocycles. The van der Waals surface area contributed by atoms with Crippen LogP contribution in [-0.2, 0) is 14.3 Å². The standard InChI is InChI=1S/C22H21N3O5/c1-14(20-24-25-21(30-20)17-9-11-18(28-3)12-10-17)29-22(27)19(23-15(2)26)13-16-7-5-4-6-8-16/h4-14H,1-3H3,(H,23,26)/b19-13-/t14-/m1/s1. The average Bonchev–Trinajstić information content (AvgIpc) is 3.24. The molecule has 0 unspecified atom stereocenters. The number of hydrogen-bond acceptors (Lipinski definition) is 7. The van der Waals surface area contributed by atoms with E-state index in [1.807, 2.05) is 18.2 Å². The lowest BCUT2D eigenvalue weighted by atomic mass is 10.2. The summed E-state index contributed by atoms with van der Waals surface area (Å²) in [5.74, 6) is 0.0251. The van der Waals surface area contributed by atoms with Gasteiger partial charge in [0.2, 0.25) is 11.8 Å². The number of methoxy groups -OCH3 is 1. The van der Waals surface area contributed by atoms with E-state index >= 15 is 0 Å². The Bertz CT molecular complexity index is 1040. The third kappa shape index (κ3) is 5.32. The Balaban J connectivity index is 1.74. The molecule has 0 bridgehead atoms. The van der Waals surface area contributed by atoms with Gasteiger partial charge >= 0.3 is 5.97 Å². The number of ether oxygens (including phenoxy) is 2. The van der Waals surface area contributed by atoms with Crippen molar-refractivity contribution in [2.75, 3.05) is 7.11 Å². The predicted octanol–water partition coefficient (Wildman–Crippen LogP) is 3.53. The summed E-state index contributed by atoms with van der Waals surface area (Å²) in [6.45, 7) is 2.92. The molecule has 0 saturated carbocycles. The van der Waals surface area contributed by atoms with Crippen molar-refractivity contribution in [2.24, 2.45) is 0 Å². The highest BCUT2D eigenvalue weighted by molar-refractivity contribution is 5.97. The molecule has 0 fully saturated rings. The molecule has 154 valence electrons. The molecule has 1 heterocycles. The molecule has 8 nitrogen and oxygen atoms in total. The summed E-state index contributed by atoms with van der Waals surface area (Å²) in [5, 5.41) is 10.5. The smallest absolute Gasteiger partial charge is 0.355 e. The van der Waals surface area contributed by atoms with E-state index in [0.717, 1.165) is 5.56 Å². The molecule has 0 radical (unpaired) electrons. The number of aromatic nitrogens is 2. The van der Waals surface area contributed by atoms with Crippen molar-refractivity contribution in [3.05, 3.63) is 71.7 Å². The fourth-order valence-corrected chi connectivity index (χ4v) is 2.58. The summed E-state index contributed by atoms with van der Waals surface area (Å²) in [7, 11) is 1.58. The lowest BCUT2D eigenvalue weighted by molar-refractivity contribution is -0.146. The Morgan fingerprint density at radius 1 is 1.07 bits per heavy atom. The van der Waals surface area contributed by atoms with E-state index in [-0.39, 0.29) is 23.4 Å². The van der Waals surface area contributed by atoms with Crippen LogP contribution in [0.1, 0.15) is 31.4 Å². The van der Waals surface area contributed by atoms with Crippen LogP contribution < -0.4 is 10.1 Å². The molecule has 1 atom stereocenters. The molecule has 0 aliphatic carbocycles. The molecule has 30 heavy (non-hydrogen) atoms. The van der Waals surface area contributed by atoms with Gasteiger partial charge in [0, 0.05) is 12.5 Å². The Kier molecular flexibility index (Phi) is 6.59. The minimum absolute atomic E-state index is 0.00967. The molecule has 3 aromatic rings. The Labute approximate surface area is 173 Å². The Morgan fingerprint density at radius 3 is 2.40 bits per heavy atom. The van der Waals surface area contributed by atoms with Crippen LogP contribution in [0.4, 0.5) is 0 Å². The maximum Gasteiger partial charge on any atom is 0.355 e. The second-order valence-corrected chi connectivity index (χ2v) is 6.37. The lowest BCUT2D eigenvalue weighted by Gasteiger charge is -2.12. The van der Waals surface area contributed by atoms with Gasteiger partial charge in [0.15, 0.2) is 6.10 Å². The molecule has 3 rings (SSSR count). The summed E-state index contributed by atoms with van der Waals surface area (Å²) >= 11 is 0. The minimum Gasteiger partial charge on any atom is -0.497 e. The third-order valence-electron chi connectivity index (χ3n) is 4.05. The topological polar surface area (TPSA) is 104 Å². The summed E-state index contributed by atoms with van der Waals surface area (Å²) in [4.78, 5) is 24.1. The van der Waals surface area contributed by atoms with E-state index in [0.29, 0.717) is 11.3 Å². The number of carbonyl (C=O) groups is 2. The first-order valence-electron chi connectivity index (χ1n) is 9.19. The second kappa shape index (κ2) is 9.51. The van der Waals surface area contributed by atoms with Crippen LogP contribution >= 0.6 is 0 Å². The first-order valence-corrected chi connectivity index (χ1v) is 9.19. The predicted molar refractivity (Wildman–Crippen MR) is 109 cm³/mol. The number of benzene rings is 2. The van der Waals surface area contributed by atoms with E-state index in [9.17, 15) is 9.59 Å². The van der Waals surface area contributed by atoms with Gasteiger partial charge in [-0.3, -0.25) is 4.79 Å². The fraction of sp³-hybridized carbons (Fsp3) is 0.182. The number of amides is 1. The molecule has 0 saturated heterocycles. The zero-order chi connectivity index (χ0) is 21.5. The molecule has 2 aromatic carbocycles. The first kappa shape index (κ1) is 20.8. The minimum atomic E-state index is -0.815. The highest BCUT2D eigenvalue weighted by atomic mass is 16.6. The summed E-state index contributed by atoms with van der Waals surface area (Å²) in [6, 6.07) is 16.2. The van der Waals surface area contributed by atoms with Crippen molar-refractivity contribution < 1.29 is 23.5 Å².